The van der Waals surface area contributed by atoms with Crippen molar-refractivity contribution in [2.45, 2.75) is 25.7 Å². The molecule has 1 aromatic carbocycles. The molecule has 0 fully saturated rings. The van der Waals surface area contributed by atoms with E-state index in [2.05, 4.69) is 10.2 Å². The van der Waals surface area contributed by atoms with E-state index in [0.29, 0.717) is 0 Å². The van der Waals surface area contributed by atoms with Crippen molar-refractivity contribution in [3.63, 3.8) is 0 Å². The van der Waals surface area contributed by atoms with E-state index in [1.807, 2.05) is 37.3 Å². The van der Waals surface area contributed by atoms with Crippen LogP contribution in [0, 0.1) is 0 Å². The van der Waals surface area contributed by atoms with Crippen molar-refractivity contribution in [3.05, 3.63) is 47.7 Å². The van der Waals surface area contributed by atoms with Crippen molar-refractivity contribution < 1.29 is 13.2 Å². The molecular formula is C12H12F2N2O. The molecule has 2 aromatic rings. The van der Waals surface area contributed by atoms with Gasteiger partial charge in [0.05, 0.1) is 5.92 Å². The number of rotatable bonds is 4. The summed E-state index contributed by atoms with van der Waals surface area (Å²) in [6.07, 6.45) is -2.00. The number of halogens is 2. The Hall–Kier alpha value is -1.78. The Kier molecular flexibility index (Phi) is 3.46. The molecule has 0 aliphatic carbocycles. The Morgan fingerprint density at radius 3 is 2.29 bits per heavy atom. The second-order valence-electron chi connectivity index (χ2n) is 3.65. The summed E-state index contributed by atoms with van der Waals surface area (Å²) in [5, 5.41) is 7.03. The molecule has 0 aliphatic rings. The van der Waals surface area contributed by atoms with E-state index in [-0.39, 0.29) is 11.8 Å². The Morgan fingerprint density at radius 2 is 1.76 bits per heavy atom. The number of hydrogen-bond donors (Lipinski definition) is 0. The van der Waals surface area contributed by atoms with Gasteiger partial charge in [-0.15, -0.1) is 10.2 Å². The van der Waals surface area contributed by atoms with Crippen LogP contribution in [0.5, 0.6) is 0 Å². The third-order valence-corrected chi connectivity index (χ3v) is 2.55. The van der Waals surface area contributed by atoms with Crippen molar-refractivity contribution in [1.82, 2.24) is 10.2 Å². The van der Waals surface area contributed by atoms with Crippen LogP contribution in [-0.2, 0) is 0 Å². The maximum Gasteiger partial charge on any atom is 0.314 e. The smallest absolute Gasteiger partial charge is 0.314 e. The number of benzene rings is 1. The van der Waals surface area contributed by atoms with Crippen molar-refractivity contribution in [2.24, 2.45) is 0 Å². The number of alkyl halides is 2. The van der Waals surface area contributed by atoms with Crippen molar-refractivity contribution in [3.8, 4) is 0 Å². The summed E-state index contributed by atoms with van der Waals surface area (Å²) in [5.74, 6) is -0.500. The predicted molar refractivity (Wildman–Crippen MR) is 57.8 cm³/mol. The van der Waals surface area contributed by atoms with Crippen LogP contribution in [0.25, 0.3) is 0 Å². The first kappa shape index (κ1) is 11.7. The number of hydrogen-bond acceptors (Lipinski definition) is 3. The van der Waals surface area contributed by atoms with Gasteiger partial charge in [-0.1, -0.05) is 37.3 Å². The summed E-state index contributed by atoms with van der Waals surface area (Å²) in [7, 11) is 0. The summed E-state index contributed by atoms with van der Waals surface area (Å²) >= 11 is 0. The highest BCUT2D eigenvalue weighted by molar-refractivity contribution is 5.24. The molecule has 5 heteroatoms. The molecule has 0 N–H and O–H groups in total. The van der Waals surface area contributed by atoms with Gasteiger partial charge in [0.15, 0.2) is 0 Å². The topological polar surface area (TPSA) is 38.9 Å². The average Bonchev–Trinajstić information content (AvgIpc) is 2.81. The summed E-state index contributed by atoms with van der Waals surface area (Å²) in [5.41, 5.74) is 0.986. The molecule has 0 saturated heterocycles. The van der Waals surface area contributed by atoms with Crippen LogP contribution < -0.4 is 0 Å². The van der Waals surface area contributed by atoms with Gasteiger partial charge >= 0.3 is 6.43 Å². The van der Waals surface area contributed by atoms with E-state index >= 15 is 0 Å². The fourth-order valence-electron chi connectivity index (χ4n) is 1.71. The largest absolute Gasteiger partial charge is 0.419 e. The van der Waals surface area contributed by atoms with Crippen LogP contribution in [0.4, 0.5) is 8.78 Å². The van der Waals surface area contributed by atoms with Crippen LogP contribution in [0.2, 0.25) is 0 Å². The van der Waals surface area contributed by atoms with Crippen LogP contribution in [-0.4, -0.2) is 10.2 Å². The van der Waals surface area contributed by atoms with Gasteiger partial charge in [-0.25, -0.2) is 0 Å². The molecule has 17 heavy (non-hydrogen) atoms. The van der Waals surface area contributed by atoms with E-state index in [9.17, 15) is 8.78 Å². The number of nitrogens with zero attached hydrogens (tertiary/aromatic N) is 2. The lowest BCUT2D eigenvalue weighted by atomic mass is 9.97. The van der Waals surface area contributed by atoms with E-state index < -0.39 is 12.3 Å². The molecule has 1 aromatic heterocycles. The monoisotopic (exact) mass is 238 g/mol. The first-order chi connectivity index (χ1) is 8.22. The third-order valence-electron chi connectivity index (χ3n) is 2.55. The summed E-state index contributed by atoms with van der Waals surface area (Å²) < 4.78 is 29.7. The Balaban J connectivity index is 2.29. The van der Waals surface area contributed by atoms with Crippen LogP contribution in [0.3, 0.4) is 0 Å². The first-order valence-electron chi connectivity index (χ1n) is 5.38. The van der Waals surface area contributed by atoms with Crippen molar-refractivity contribution >= 4 is 0 Å². The molecule has 3 nitrogen and oxygen atoms in total. The molecule has 0 spiro atoms. The molecule has 1 unspecified atom stereocenters. The zero-order chi connectivity index (χ0) is 12.3. The molecule has 1 atom stereocenters. The Bertz CT molecular complexity index is 470. The minimum Gasteiger partial charge on any atom is -0.419 e. The van der Waals surface area contributed by atoms with Gasteiger partial charge in [0, 0.05) is 0 Å². The van der Waals surface area contributed by atoms with E-state index in [4.69, 9.17) is 4.42 Å². The van der Waals surface area contributed by atoms with Gasteiger partial charge < -0.3 is 4.42 Å². The molecule has 0 aliphatic heterocycles. The SMILES string of the molecule is CCC(c1ccccc1)c1nnc(C(F)F)o1. The van der Waals surface area contributed by atoms with Gasteiger partial charge in [0.25, 0.3) is 5.89 Å². The zero-order valence-electron chi connectivity index (χ0n) is 9.31. The maximum atomic E-state index is 12.4. The van der Waals surface area contributed by atoms with Gasteiger partial charge in [0.1, 0.15) is 0 Å². The highest BCUT2D eigenvalue weighted by Crippen LogP contribution is 2.28. The maximum absolute atomic E-state index is 12.4. The van der Waals surface area contributed by atoms with E-state index in [0.717, 1.165) is 12.0 Å². The molecule has 2 rings (SSSR count). The zero-order valence-corrected chi connectivity index (χ0v) is 9.31. The molecule has 90 valence electrons. The van der Waals surface area contributed by atoms with Gasteiger partial charge in [-0.2, -0.15) is 8.78 Å². The molecule has 1 heterocycles. The predicted octanol–water partition coefficient (Wildman–Crippen LogP) is 3.55. The highest BCUT2D eigenvalue weighted by atomic mass is 19.3. The fraction of sp³-hybridized carbons (Fsp3) is 0.333. The second kappa shape index (κ2) is 5.03. The standard InChI is InChI=1S/C12H12F2N2O/c1-2-9(8-6-4-3-5-7-8)11-15-16-12(17-11)10(13)14/h3-7,9-10H,2H2,1H3. The van der Waals surface area contributed by atoms with Gasteiger partial charge in [-0.3, -0.25) is 0 Å². The normalized spacial score (nSPS) is 12.9. The fourth-order valence-corrected chi connectivity index (χ4v) is 1.71. The summed E-state index contributed by atoms with van der Waals surface area (Å²) in [6.45, 7) is 1.95. The second-order valence-corrected chi connectivity index (χ2v) is 3.65. The lowest BCUT2D eigenvalue weighted by molar-refractivity contribution is 0.113. The van der Waals surface area contributed by atoms with E-state index in [1.54, 1.807) is 0 Å². The third kappa shape index (κ3) is 2.49. The minimum absolute atomic E-state index is 0.129. The van der Waals surface area contributed by atoms with Crippen LogP contribution >= 0.6 is 0 Å². The molecule has 0 amide bonds. The van der Waals surface area contributed by atoms with Crippen molar-refractivity contribution in [2.75, 3.05) is 0 Å². The summed E-state index contributed by atoms with van der Waals surface area (Å²) in [6, 6.07) is 9.51. The molecular weight excluding hydrogens is 226 g/mol. The van der Waals surface area contributed by atoms with Crippen LogP contribution in [0.15, 0.2) is 34.7 Å². The van der Waals surface area contributed by atoms with Gasteiger partial charge in [-0.05, 0) is 12.0 Å². The lowest BCUT2D eigenvalue weighted by Crippen LogP contribution is -1.99. The molecule has 0 radical (unpaired) electrons. The van der Waals surface area contributed by atoms with Gasteiger partial charge in [0.2, 0.25) is 5.89 Å². The number of aromatic nitrogens is 2. The minimum atomic E-state index is -2.72. The Morgan fingerprint density at radius 1 is 1.12 bits per heavy atom. The first-order valence-corrected chi connectivity index (χ1v) is 5.38. The highest BCUT2D eigenvalue weighted by Gasteiger charge is 2.22. The summed E-state index contributed by atoms with van der Waals surface area (Å²) in [4.78, 5) is 0. The molecule has 0 bridgehead atoms. The average molecular weight is 238 g/mol. The van der Waals surface area contributed by atoms with Crippen LogP contribution in [0.1, 0.15) is 43.0 Å². The lowest BCUT2D eigenvalue weighted by Gasteiger charge is -2.09. The Labute approximate surface area is 97.5 Å². The molecule has 0 saturated carbocycles. The van der Waals surface area contributed by atoms with E-state index in [1.165, 1.54) is 0 Å². The quantitative estimate of drug-likeness (QED) is 0.817. The van der Waals surface area contributed by atoms with Crippen molar-refractivity contribution in [1.29, 1.82) is 0 Å².